The summed E-state index contributed by atoms with van der Waals surface area (Å²) in [5.74, 6) is 0.374. The number of benzene rings is 2. The van der Waals surface area contributed by atoms with E-state index in [9.17, 15) is 4.39 Å². The van der Waals surface area contributed by atoms with Crippen molar-refractivity contribution >= 4 is 22.6 Å². The molecule has 0 aliphatic carbocycles. The van der Waals surface area contributed by atoms with Crippen LogP contribution in [0, 0.1) is 5.82 Å². The van der Waals surface area contributed by atoms with Crippen molar-refractivity contribution in [3.8, 4) is 11.3 Å². The van der Waals surface area contributed by atoms with Gasteiger partial charge in [0.2, 0.25) is 0 Å². The number of rotatable bonds is 2. The number of furan rings is 1. The number of fused-ring (bicyclic) bond motifs is 1. The maximum atomic E-state index is 13.2. The Bertz CT molecular complexity index is 779. The molecule has 102 valence electrons. The molecule has 3 aromatic rings. The summed E-state index contributed by atoms with van der Waals surface area (Å²) in [6.45, 7) is 1.88. The third kappa shape index (κ3) is 2.30. The molecule has 1 heterocycles. The summed E-state index contributed by atoms with van der Waals surface area (Å²) < 4.78 is 18.9. The van der Waals surface area contributed by atoms with Crippen LogP contribution in [0.15, 0.2) is 46.9 Å². The lowest BCUT2D eigenvalue weighted by molar-refractivity contribution is 0.619. The quantitative estimate of drug-likeness (QED) is 0.728. The number of nitrogens with two attached hydrogens (primary N) is 1. The van der Waals surface area contributed by atoms with Crippen LogP contribution in [-0.2, 0) is 0 Å². The van der Waals surface area contributed by atoms with Crippen LogP contribution in [0.1, 0.15) is 18.5 Å². The first-order valence-corrected chi connectivity index (χ1v) is 6.67. The summed E-state index contributed by atoms with van der Waals surface area (Å²) in [4.78, 5) is 0. The zero-order valence-corrected chi connectivity index (χ0v) is 11.6. The SMILES string of the molecule is CC(N)c1ccc(-c2cc3cc(F)ccc3o2)cc1Cl. The highest BCUT2D eigenvalue weighted by Gasteiger charge is 2.11. The first-order valence-electron chi connectivity index (χ1n) is 6.29. The van der Waals surface area contributed by atoms with Gasteiger partial charge >= 0.3 is 0 Å². The third-order valence-corrected chi connectivity index (χ3v) is 3.58. The largest absolute Gasteiger partial charge is 0.456 e. The minimum absolute atomic E-state index is 0.124. The van der Waals surface area contributed by atoms with E-state index in [1.54, 1.807) is 12.1 Å². The summed E-state index contributed by atoms with van der Waals surface area (Å²) in [6.07, 6.45) is 0. The molecule has 0 aliphatic heterocycles. The molecule has 1 unspecified atom stereocenters. The molecular weight excluding hydrogens is 277 g/mol. The average molecular weight is 290 g/mol. The van der Waals surface area contributed by atoms with E-state index in [2.05, 4.69) is 0 Å². The highest BCUT2D eigenvalue weighted by Crippen LogP contribution is 2.32. The van der Waals surface area contributed by atoms with Crippen LogP contribution in [0.3, 0.4) is 0 Å². The van der Waals surface area contributed by atoms with E-state index >= 15 is 0 Å². The maximum Gasteiger partial charge on any atom is 0.135 e. The average Bonchev–Trinajstić information content (AvgIpc) is 2.81. The van der Waals surface area contributed by atoms with Crippen LogP contribution in [0.25, 0.3) is 22.3 Å². The lowest BCUT2D eigenvalue weighted by Gasteiger charge is -2.08. The summed E-state index contributed by atoms with van der Waals surface area (Å²) in [5, 5.41) is 1.33. The van der Waals surface area contributed by atoms with Crippen molar-refractivity contribution in [1.29, 1.82) is 0 Å². The standard InChI is InChI=1S/C16H13ClFNO/c1-9(19)13-4-2-10(7-14(13)17)16-8-11-6-12(18)3-5-15(11)20-16/h2-9H,19H2,1H3. The molecular formula is C16H13ClFNO. The Morgan fingerprint density at radius 2 is 1.95 bits per heavy atom. The number of hydrogen-bond acceptors (Lipinski definition) is 2. The van der Waals surface area contributed by atoms with Crippen LogP contribution in [0.2, 0.25) is 5.02 Å². The van der Waals surface area contributed by atoms with Crippen LogP contribution in [0.5, 0.6) is 0 Å². The maximum absolute atomic E-state index is 13.2. The Balaban J connectivity index is 2.08. The fourth-order valence-electron chi connectivity index (χ4n) is 2.21. The molecule has 0 aliphatic rings. The summed E-state index contributed by atoms with van der Waals surface area (Å²) >= 11 is 6.22. The zero-order chi connectivity index (χ0) is 14.3. The van der Waals surface area contributed by atoms with Crippen molar-refractivity contribution in [2.75, 3.05) is 0 Å². The molecule has 3 rings (SSSR count). The smallest absolute Gasteiger partial charge is 0.135 e. The van der Waals surface area contributed by atoms with Crippen LogP contribution in [0.4, 0.5) is 4.39 Å². The van der Waals surface area contributed by atoms with Crippen LogP contribution in [-0.4, -0.2) is 0 Å². The van der Waals surface area contributed by atoms with Gasteiger partial charge in [-0.3, -0.25) is 0 Å². The molecule has 0 amide bonds. The van der Waals surface area contributed by atoms with Gasteiger partial charge in [0.15, 0.2) is 0 Å². The van der Waals surface area contributed by atoms with E-state index in [-0.39, 0.29) is 11.9 Å². The monoisotopic (exact) mass is 289 g/mol. The Morgan fingerprint density at radius 1 is 1.15 bits per heavy atom. The van der Waals surface area contributed by atoms with Gasteiger partial charge in [-0.15, -0.1) is 0 Å². The van der Waals surface area contributed by atoms with E-state index in [1.807, 2.05) is 25.1 Å². The summed E-state index contributed by atoms with van der Waals surface area (Å²) in [6, 6.07) is 11.7. The number of halogens is 2. The molecule has 20 heavy (non-hydrogen) atoms. The van der Waals surface area contributed by atoms with Gasteiger partial charge < -0.3 is 10.2 Å². The molecule has 2 nitrogen and oxygen atoms in total. The van der Waals surface area contributed by atoms with Gasteiger partial charge in [0.05, 0.1) is 0 Å². The normalized spacial score (nSPS) is 12.8. The predicted molar refractivity (Wildman–Crippen MR) is 79.2 cm³/mol. The lowest BCUT2D eigenvalue weighted by Crippen LogP contribution is -2.05. The van der Waals surface area contributed by atoms with Crippen molar-refractivity contribution in [3.05, 3.63) is 58.9 Å². The van der Waals surface area contributed by atoms with E-state index in [0.29, 0.717) is 16.4 Å². The Labute approximate surface area is 121 Å². The highest BCUT2D eigenvalue weighted by atomic mass is 35.5. The summed E-state index contributed by atoms with van der Waals surface area (Å²) in [5.41, 5.74) is 8.21. The van der Waals surface area contributed by atoms with Crippen LogP contribution >= 0.6 is 11.6 Å². The summed E-state index contributed by atoms with van der Waals surface area (Å²) in [7, 11) is 0. The van der Waals surface area contributed by atoms with Gasteiger partial charge in [-0.1, -0.05) is 23.7 Å². The molecule has 0 saturated heterocycles. The van der Waals surface area contributed by atoms with Gasteiger partial charge in [-0.25, -0.2) is 4.39 Å². The van der Waals surface area contributed by atoms with Crippen molar-refractivity contribution in [2.45, 2.75) is 13.0 Å². The van der Waals surface area contributed by atoms with Gasteiger partial charge in [-0.2, -0.15) is 0 Å². The Kier molecular flexibility index (Phi) is 3.24. The van der Waals surface area contributed by atoms with E-state index in [4.69, 9.17) is 21.8 Å². The fraction of sp³-hybridized carbons (Fsp3) is 0.125. The minimum atomic E-state index is -0.282. The molecule has 4 heteroatoms. The zero-order valence-electron chi connectivity index (χ0n) is 10.9. The van der Waals surface area contributed by atoms with Crippen molar-refractivity contribution < 1.29 is 8.81 Å². The number of hydrogen-bond donors (Lipinski definition) is 1. The molecule has 0 bridgehead atoms. The molecule has 0 fully saturated rings. The van der Waals surface area contributed by atoms with Gasteiger partial charge in [0.25, 0.3) is 0 Å². The molecule has 1 aromatic heterocycles. The molecule has 0 spiro atoms. The van der Waals surface area contributed by atoms with Crippen molar-refractivity contribution in [1.82, 2.24) is 0 Å². The second kappa shape index (κ2) is 4.93. The minimum Gasteiger partial charge on any atom is -0.456 e. The fourth-order valence-corrected chi connectivity index (χ4v) is 2.56. The van der Waals surface area contributed by atoms with Crippen LogP contribution < -0.4 is 5.73 Å². The van der Waals surface area contributed by atoms with E-state index in [1.165, 1.54) is 12.1 Å². The van der Waals surface area contributed by atoms with E-state index in [0.717, 1.165) is 16.5 Å². The topological polar surface area (TPSA) is 39.2 Å². The molecule has 1 atom stereocenters. The molecule has 0 saturated carbocycles. The second-order valence-electron chi connectivity index (χ2n) is 4.82. The first-order chi connectivity index (χ1) is 9.54. The predicted octanol–water partition coefficient (Wildman–Crippen LogP) is 4.91. The second-order valence-corrected chi connectivity index (χ2v) is 5.22. The highest BCUT2D eigenvalue weighted by molar-refractivity contribution is 6.31. The van der Waals surface area contributed by atoms with Gasteiger partial charge in [0.1, 0.15) is 17.2 Å². The lowest BCUT2D eigenvalue weighted by atomic mass is 10.1. The van der Waals surface area contributed by atoms with Gasteiger partial charge in [-0.05, 0) is 42.8 Å². The first kappa shape index (κ1) is 13.2. The van der Waals surface area contributed by atoms with Gasteiger partial charge in [0, 0.05) is 22.0 Å². The third-order valence-electron chi connectivity index (χ3n) is 3.25. The molecule has 2 N–H and O–H groups in total. The van der Waals surface area contributed by atoms with Crippen molar-refractivity contribution in [2.24, 2.45) is 5.73 Å². The van der Waals surface area contributed by atoms with E-state index < -0.39 is 0 Å². The Morgan fingerprint density at radius 3 is 2.65 bits per heavy atom. The molecule has 2 aromatic carbocycles. The Hall–Kier alpha value is -1.84. The van der Waals surface area contributed by atoms with Crippen molar-refractivity contribution in [3.63, 3.8) is 0 Å². The molecule has 0 radical (unpaired) electrons.